The van der Waals surface area contributed by atoms with Gasteiger partial charge in [-0.3, -0.25) is 4.90 Å². The van der Waals surface area contributed by atoms with E-state index in [1.807, 2.05) is 24.3 Å². The van der Waals surface area contributed by atoms with E-state index in [4.69, 9.17) is 16.3 Å². The Morgan fingerprint density at radius 3 is 2.58 bits per heavy atom. The fraction of sp³-hybridized carbons (Fsp3) is 0.600. The lowest BCUT2D eigenvalue weighted by Gasteiger charge is -2.23. The number of nitrogens with zero attached hydrogens (tertiary/aromatic N) is 1. The zero-order valence-electron chi connectivity index (χ0n) is 11.4. The number of halogens is 1. The molecule has 1 aromatic rings. The van der Waals surface area contributed by atoms with E-state index in [0.717, 1.165) is 31.7 Å². The van der Waals surface area contributed by atoms with Gasteiger partial charge in [0.1, 0.15) is 0 Å². The van der Waals surface area contributed by atoms with Gasteiger partial charge in [-0.05, 0) is 37.0 Å². The molecule has 4 heteroatoms. The number of hydrogen-bond donors (Lipinski definition) is 1. The molecule has 1 aliphatic carbocycles. The fourth-order valence-corrected chi connectivity index (χ4v) is 2.39. The van der Waals surface area contributed by atoms with Gasteiger partial charge in [0.15, 0.2) is 0 Å². The smallest absolute Gasteiger partial charge is 0.0802 e. The molecule has 106 valence electrons. The van der Waals surface area contributed by atoms with Crippen LogP contribution in [-0.2, 0) is 4.74 Å². The van der Waals surface area contributed by atoms with Gasteiger partial charge >= 0.3 is 0 Å². The summed E-state index contributed by atoms with van der Waals surface area (Å²) in [5.74, 6) is 0. The molecule has 1 unspecified atom stereocenters. The second-order valence-electron chi connectivity index (χ2n) is 5.12. The van der Waals surface area contributed by atoms with Crippen LogP contribution in [0, 0.1) is 0 Å². The number of methoxy groups -OCH3 is 1. The molecule has 1 N–H and O–H groups in total. The van der Waals surface area contributed by atoms with Crippen LogP contribution in [0.5, 0.6) is 0 Å². The molecule has 1 atom stereocenters. The van der Waals surface area contributed by atoms with Gasteiger partial charge in [0.2, 0.25) is 0 Å². The van der Waals surface area contributed by atoms with Crippen molar-refractivity contribution in [2.24, 2.45) is 0 Å². The Balaban J connectivity index is 1.80. The third-order valence-corrected chi connectivity index (χ3v) is 3.84. The van der Waals surface area contributed by atoms with Crippen LogP contribution in [0.3, 0.4) is 0 Å². The van der Waals surface area contributed by atoms with Crippen LogP contribution in [0.15, 0.2) is 24.3 Å². The van der Waals surface area contributed by atoms with E-state index in [1.54, 1.807) is 7.11 Å². The molecule has 0 radical (unpaired) electrons. The second-order valence-corrected chi connectivity index (χ2v) is 5.55. The third-order valence-electron chi connectivity index (χ3n) is 3.59. The standard InChI is InChI=1S/C15H22ClNO2/c1-19-11-10-17(14-6-7-14)9-8-15(18)12-2-4-13(16)5-3-12/h2-5,14-15,18H,6-11H2,1H3. The maximum absolute atomic E-state index is 10.2. The average molecular weight is 284 g/mol. The first-order valence-corrected chi connectivity index (χ1v) is 7.25. The summed E-state index contributed by atoms with van der Waals surface area (Å²) >= 11 is 5.85. The molecular weight excluding hydrogens is 262 g/mol. The first-order valence-electron chi connectivity index (χ1n) is 6.87. The maximum atomic E-state index is 10.2. The van der Waals surface area contributed by atoms with E-state index in [2.05, 4.69) is 4.90 Å². The van der Waals surface area contributed by atoms with E-state index >= 15 is 0 Å². The van der Waals surface area contributed by atoms with Crippen molar-refractivity contribution in [3.8, 4) is 0 Å². The average Bonchev–Trinajstić information content (AvgIpc) is 3.24. The molecule has 1 aliphatic rings. The van der Waals surface area contributed by atoms with Crippen molar-refractivity contribution in [1.29, 1.82) is 0 Å². The molecule has 1 fully saturated rings. The van der Waals surface area contributed by atoms with Crippen LogP contribution in [0.2, 0.25) is 5.02 Å². The lowest BCUT2D eigenvalue weighted by atomic mass is 10.1. The van der Waals surface area contributed by atoms with Crippen molar-refractivity contribution in [3.05, 3.63) is 34.9 Å². The predicted molar refractivity (Wildman–Crippen MR) is 77.5 cm³/mol. The molecule has 3 nitrogen and oxygen atoms in total. The highest BCUT2D eigenvalue weighted by molar-refractivity contribution is 6.30. The van der Waals surface area contributed by atoms with Crippen molar-refractivity contribution >= 4 is 11.6 Å². The Labute approximate surface area is 120 Å². The SMILES string of the molecule is COCCN(CCC(O)c1ccc(Cl)cc1)C1CC1. The zero-order chi connectivity index (χ0) is 13.7. The van der Waals surface area contributed by atoms with Gasteiger partial charge in [-0.2, -0.15) is 0 Å². The quantitative estimate of drug-likeness (QED) is 0.796. The van der Waals surface area contributed by atoms with Gasteiger partial charge < -0.3 is 9.84 Å². The predicted octanol–water partition coefficient (Wildman–Crippen LogP) is 2.87. The van der Waals surface area contributed by atoms with E-state index in [0.29, 0.717) is 11.1 Å². The number of benzene rings is 1. The molecule has 0 heterocycles. The zero-order valence-corrected chi connectivity index (χ0v) is 12.1. The normalized spacial score (nSPS) is 16.8. The lowest BCUT2D eigenvalue weighted by molar-refractivity contribution is 0.113. The van der Waals surface area contributed by atoms with E-state index in [1.165, 1.54) is 12.8 Å². The number of hydrogen-bond acceptors (Lipinski definition) is 3. The highest BCUT2D eigenvalue weighted by atomic mass is 35.5. The second kappa shape index (κ2) is 7.25. The van der Waals surface area contributed by atoms with Gasteiger partial charge in [0.25, 0.3) is 0 Å². The molecule has 2 rings (SSSR count). The largest absolute Gasteiger partial charge is 0.388 e. The molecule has 0 aromatic heterocycles. The highest BCUT2D eigenvalue weighted by Gasteiger charge is 2.28. The van der Waals surface area contributed by atoms with Crippen LogP contribution >= 0.6 is 11.6 Å². The summed E-state index contributed by atoms with van der Waals surface area (Å²) in [5.41, 5.74) is 0.937. The first kappa shape index (κ1) is 14.8. The van der Waals surface area contributed by atoms with Gasteiger partial charge in [-0.15, -0.1) is 0 Å². The Morgan fingerprint density at radius 2 is 2.00 bits per heavy atom. The van der Waals surface area contributed by atoms with Gasteiger partial charge in [-0.25, -0.2) is 0 Å². The topological polar surface area (TPSA) is 32.7 Å². The number of ether oxygens (including phenoxy) is 1. The Bertz CT molecular complexity index is 378. The maximum Gasteiger partial charge on any atom is 0.0802 e. The molecule has 19 heavy (non-hydrogen) atoms. The summed E-state index contributed by atoms with van der Waals surface area (Å²) in [6.45, 7) is 2.62. The van der Waals surface area contributed by atoms with E-state index < -0.39 is 6.10 Å². The summed E-state index contributed by atoms with van der Waals surface area (Å²) < 4.78 is 5.14. The molecule has 0 bridgehead atoms. The molecule has 0 saturated heterocycles. The van der Waals surface area contributed by atoms with Crippen molar-refractivity contribution in [3.63, 3.8) is 0 Å². The highest BCUT2D eigenvalue weighted by Crippen LogP contribution is 2.28. The number of aliphatic hydroxyl groups is 1. The van der Waals surface area contributed by atoms with Crippen molar-refractivity contribution in [1.82, 2.24) is 4.90 Å². The van der Waals surface area contributed by atoms with Crippen molar-refractivity contribution in [2.75, 3.05) is 26.8 Å². The lowest BCUT2D eigenvalue weighted by Crippen LogP contribution is -2.31. The van der Waals surface area contributed by atoms with Crippen LogP contribution in [0.4, 0.5) is 0 Å². The van der Waals surface area contributed by atoms with E-state index in [9.17, 15) is 5.11 Å². The van der Waals surface area contributed by atoms with Gasteiger partial charge in [-0.1, -0.05) is 23.7 Å². The minimum absolute atomic E-state index is 0.416. The Hall–Kier alpha value is -0.610. The van der Waals surface area contributed by atoms with Crippen molar-refractivity contribution < 1.29 is 9.84 Å². The van der Waals surface area contributed by atoms with Crippen LogP contribution in [-0.4, -0.2) is 42.9 Å². The van der Waals surface area contributed by atoms with E-state index in [-0.39, 0.29) is 0 Å². The minimum Gasteiger partial charge on any atom is -0.388 e. The minimum atomic E-state index is -0.416. The summed E-state index contributed by atoms with van der Waals surface area (Å²) in [4.78, 5) is 2.42. The third kappa shape index (κ3) is 4.77. The number of rotatable bonds is 8. The Morgan fingerprint density at radius 1 is 1.32 bits per heavy atom. The summed E-state index contributed by atoms with van der Waals surface area (Å²) in [5, 5.41) is 10.9. The first-order chi connectivity index (χ1) is 9.20. The fourth-order valence-electron chi connectivity index (χ4n) is 2.26. The van der Waals surface area contributed by atoms with Gasteiger partial charge in [0, 0.05) is 31.3 Å². The summed E-state index contributed by atoms with van der Waals surface area (Å²) in [7, 11) is 1.73. The summed E-state index contributed by atoms with van der Waals surface area (Å²) in [6.07, 6.45) is 2.89. The summed E-state index contributed by atoms with van der Waals surface area (Å²) in [6, 6.07) is 8.13. The Kier molecular flexibility index (Phi) is 5.64. The van der Waals surface area contributed by atoms with Crippen molar-refractivity contribution in [2.45, 2.75) is 31.4 Å². The molecule has 1 saturated carbocycles. The number of aliphatic hydroxyl groups excluding tert-OH is 1. The molecular formula is C15H22ClNO2. The van der Waals surface area contributed by atoms with Crippen LogP contribution in [0.1, 0.15) is 30.9 Å². The molecule has 0 aliphatic heterocycles. The molecule has 0 amide bonds. The molecule has 0 spiro atoms. The van der Waals surface area contributed by atoms with Crippen LogP contribution in [0.25, 0.3) is 0 Å². The monoisotopic (exact) mass is 283 g/mol. The van der Waals surface area contributed by atoms with Gasteiger partial charge in [0.05, 0.1) is 12.7 Å². The molecule has 1 aromatic carbocycles. The van der Waals surface area contributed by atoms with Crippen LogP contribution < -0.4 is 0 Å².